The lowest BCUT2D eigenvalue weighted by Gasteiger charge is -2.11. The Bertz CT molecular complexity index is 531. The Balaban J connectivity index is 1.81. The molecular weight excluding hydrogens is 302 g/mol. The van der Waals surface area contributed by atoms with E-state index < -0.39 is 0 Å². The van der Waals surface area contributed by atoms with Gasteiger partial charge in [0.15, 0.2) is 16.6 Å². The van der Waals surface area contributed by atoms with Crippen LogP contribution >= 0.6 is 12.2 Å². The molecule has 2 rings (SSSR count). The zero-order valence-electron chi connectivity index (χ0n) is 12.5. The Hall–Kier alpha value is -1.86. The standard InChI is InChI=1S/C15H21N3O3S/c1-2-20-13-7-3-5-11(14(13)19)9-17-18-15(22)16-10-12-6-4-8-21-12/h3,5,7,9,12,19H,2,4,6,8,10H2,1H3,(H2,16,18,22)/b17-9+/t12-/m1/s1. The number of phenolic OH excluding ortho intramolecular Hbond substituents is 1. The van der Waals surface area contributed by atoms with E-state index in [2.05, 4.69) is 15.8 Å². The molecule has 0 radical (unpaired) electrons. The third kappa shape index (κ3) is 4.85. The van der Waals surface area contributed by atoms with E-state index in [0.29, 0.717) is 29.6 Å². The summed E-state index contributed by atoms with van der Waals surface area (Å²) in [4.78, 5) is 0. The highest BCUT2D eigenvalue weighted by Gasteiger charge is 2.15. The first kappa shape index (κ1) is 16.5. The highest BCUT2D eigenvalue weighted by Crippen LogP contribution is 2.28. The van der Waals surface area contributed by atoms with Gasteiger partial charge in [0, 0.05) is 18.7 Å². The van der Waals surface area contributed by atoms with E-state index >= 15 is 0 Å². The van der Waals surface area contributed by atoms with E-state index in [1.807, 2.05) is 6.92 Å². The van der Waals surface area contributed by atoms with Gasteiger partial charge < -0.3 is 19.9 Å². The van der Waals surface area contributed by atoms with Crippen LogP contribution in [0, 0.1) is 0 Å². The quantitative estimate of drug-likeness (QED) is 0.421. The van der Waals surface area contributed by atoms with Gasteiger partial charge >= 0.3 is 0 Å². The van der Waals surface area contributed by atoms with E-state index in [0.717, 1.165) is 19.4 Å². The number of thiocarbonyl (C=S) groups is 1. The van der Waals surface area contributed by atoms with Gasteiger partial charge in [-0.3, -0.25) is 5.43 Å². The van der Waals surface area contributed by atoms with Crippen molar-refractivity contribution >= 4 is 23.5 Å². The number of hydrazone groups is 1. The normalized spacial score (nSPS) is 17.6. The Kier molecular flexibility index (Phi) is 6.42. The Morgan fingerprint density at radius 3 is 3.18 bits per heavy atom. The minimum Gasteiger partial charge on any atom is -0.504 e. The predicted molar refractivity (Wildman–Crippen MR) is 89.6 cm³/mol. The van der Waals surface area contributed by atoms with E-state index in [4.69, 9.17) is 21.7 Å². The van der Waals surface area contributed by atoms with Crippen LogP contribution in [-0.2, 0) is 4.74 Å². The molecule has 0 aromatic heterocycles. The molecule has 0 unspecified atom stereocenters. The van der Waals surface area contributed by atoms with Crippen LogP contribution in [0.3, 0.4) is 0 Å². The molecule has 0 saturated carbocycles. The zero-order chi connectivity index (χ0) is 15.8. The van der Waals surface area contributed by atoms with Crippen molar-refractivity contribution in [3.05, 3.63) is 23.8 Å². The molecule has 1 aromatic rings. The van der Waals surface area contributed by atoms with Gasteiger partial charge in [-0.2, -0.15) is 5.10 Å². The van der Waals surface area contributed by atoms with Crippen LogP contribution < -0.4 is 15.5 Å². The Morgan fingerprint density at radius 2 is 2.45 bits per heavy atom. The van der Waals surface area contributed by atoms with Crippen molar-refractivity contribution in [2.75, 3.05) is 19.8 Å². The maximum Gasteiger partial charge on any atom is 0.187 e. The average molecular weight is 323 g/mol. The number of para-hydroxylation sites is 1. The van der Waals surface area contributed by atoms with Gasteiger partial charge in [-0.15, -0.1) is 0 Å². The van der Waals surface area contributed by atoms with Crippen LogP contribution in [0.1, 0.15) is 25.3 Å². The van der Waals surface area contributed by atoms with Crippen LogP contribution in [0.15, 0.2) is 23.3 Å². The second-order valence-electron chi connectivity index (χ2n) is 4.84. The molecular formula is C15H21N3O3S. The molecule has 1 heterocycles. The van der Waals surface area contributed by atoms with Crippen LogP contribution in [0.4, 0.5) is 0 Å². The van der Waals surface area contributed by atoms with Crippen molar-refractivity contribution in [2.24, 2.45) is 5.10 Å². The molecule has 1 atom stereocenters. The van der Waals surface area contributed by atoms with Gasteiger partial charge in [-0.1, -0.05) is 6.07 Å². The lowest BCUT2D eigenvalue weighted by molar-refractivity contribution is 0.114. The largest absolute Gasteiger partial charge is 0.504 e. The lowest BCUT2D eigenvalue weighted by atomic mass is 10.2. The summed E-state index contributed by atoms with van der Waals surface area (Å²) in [7, 11) is 0. The molecule has 0 spiro atoms. The summed E-state index contributed by atoms with van der Waals surface area (Å²) in [5.74, 6) is 0.499. The maximum absolute atomic E-state index is 10.0. The highest BCUT2D eigenvalue weighted by molar-refractivity contribution is 7.80. The molecule has 6 nitrogen and oxygen atoms in total. The topological polar surface area (TPSA) is 75.1 Å². The number of nitrogens with zero attached hydrogens (tertiary/aromatic N) is 1. The van der Waals surface area contributed by atoms with Crippen molar-refractivity contribution in [3.63, 3.8) is 0 Å². The van der Waals surface area contributed by atoms with Gasteiger partial charge in [0.2, 0.25) is 0 Å². The fourth-order valence-corrected chi connectivity index (χ4v) is 2.26. The molecule has 1 saturated heterocycles. The average Bonchev–Trinajstić information content (AvgIpc) is 3.02. The SMILES string of the molecule is CCOc1cccc(/C=N/NC(=S)NC[C@H]2CCCO2)c1O. The fraction of sp³-hybridized carbons (Fsp3) is 0.467. The van der Waals surface area contributed by atoms with Crippen LogP contribution in [0.25, 0.3) is 0 Å². The second kappa shape index (κ2) is 8.55. The first-order valence-corrected chi connectivity index (χ1v) is 7.74. The summed E-state index contributed by atoms with van der Waals surface area (Å²) in [6, 6.07) is 5.24. The smallest absolute Gasteiger partial charge is 0.187 e. The maximum atomic E-state index is 10.0. The summed E-state index contributed by atoms with van der Waals surface area (Å²) in [5.41, 5.74) is 3.27. The van der Waals surface area contributed by atoms with Crippen molar-refractivity contribution in [1.29, 1.82) is 0 Å². The summed E-state index contributed by atoms with van der Waals surface area (Å²) >= 11 is 5.13. The summed E-state index contributed by atoms with van der Waals surface area (Å²) < 4.78 is 10.8. The second-order valence-corrected chi connectivity index (χ2v) is 5.25. The first-order chi connectivity index (χ1) is 10.7. The minimum atomic E-state index is 0.0631. The minimum absolute atomic E-state index is 0.0631. The van der Waals surface area contributed by atoms with E-state index in [-0.39, 0.29) is 11.9 Å². The molecule has 0 bridgehead atoms. The molecule has 1 fully saturated rings. The molecule has 3 N–H and O–H groups in total. The predicted octanol–water partition coefficient (Wildman–Crippen LogP) is 1.77. The number of benzene rings is 1. The van der Waals surface area contributed by atoms with E-state index in [9.17, 15) is 5.11 Å². The third-order valence-electron chi connectivity index (χ3n) is 3.21. The van der Waals surface area contributed by atoms with Crippen molar-refractivity contribution in [1.82, 2.24) is 10.7 Å². The summed E-state index contributed by atoms with van der Waals surface area (Å²) in [6.07, 6.45) is 3.87. The van der Waals surface area contributed by atoms with Crippen LogP contribution in [-0.4, -0.2) is 42.3 Å². The number of aromatic hydroxyl groups is 1. The van der Waals surface area contributed by atoms with Gasteiger partial charge in [0.05, 0.1) is 18.9 Å². The molecule has 7 heteroatoms. The monoisotopic (exact) mass is 323 g/mol. The number of ether oxygens (including phenoxy) is 2. The van der Waals surface area contributed by atoms with Gasteiger partial charge in [0.1, 0.15) is 0 Å². The number of rotatable bonds is 6. The van der Waals surface area contributed by atoms with Crippen molar-refractivity contribution in [3.8, 4) is 11.5 Å². The number of hydrogen-bond acceptors (Lipinski definition) is 5. The summed E-state index contributed by atoms with van der Waals surface area (Å²) in [6.45, 7) is 3.84. The molecule has 120 valence electrons. The molecule has 22 heavy (non-hydrogen) atoms. The van der Waals surface area contributed by atoms with Gasteiger partial charge in [0.25, 0.3) is 0 Å². The molecule has 1 aromatic carbocycles. The molecule has 1 aliphatic rings. The Morgan fingerprint density at radius 1 is 1.59 bits per heavy atom. The van der Waals surface area contributed by atoms with Crippen LogP contribution in [0.5, 0.6) is 11.5 Å². The first-order valence-electron chi connectivity index (χ1n) is 7.34. The molecule has 0 aliphatic carbocycles. The van der Waals surface area contributed by atoms with Gasteiger partial charge in [-0.25, -0.2) is 0 Å². The number of nitrogens with one attached hydrogen (secondary N) is 2. The zero-order valence-corrected chi connectivity index (χ0v) is 13.4. The lowest BCUT2D eigenvalue weighted by Crippen LogP contribution is -2.37. The number of phenols is 1. The summed E-state index contributed by atoms with van der Waals surface area (Å²) in [5, 5.41) is 17.5. The van der Waals surface area contributed by atoms with Gasteiger partial charge in [-0.05, 0) is 44.1 Å². The number of hydrogen-bond donors (Lipinski definition) is 3. The third-order valence-corrected chi connectivity index (χ3v) is 3.45. The van der Waals surface area contributed by atoms with Crippen LogP contribution in [0.2, 0.25) is 0 Å². The van der Waals surface area contributed by atoms with Crippen molar-refractivity contribution in [2.45, 2.75) is 25.9 Å². The fourth-order valence-electron chi connectivity index (χ4n) is 2.13. The van der Waals surface area contributed by atoms with E-state index in [1.54, 1.807) is 18.2 Å². The molecule has 0 amide bonds. The molecule has 1 aliphatic heterocycles. The van der Waals surface area contributed by atoms with Crippen molar-refractivity contribution < 1.29 is 14.6 Å². The highest BCUT2D eigenvalue weighted by atomic mass is 32.1. The van der Waals surface area contributed by atoms with E-state index in [1.165, 1.54) is 6.21 Å². The Labute approximate surface area is 135 Å².